The van der Waals surface area contributed by atoms with Gasteiger partial charge >= 0.3 is 5.97 Å². The Morgan fingerprint density at radius 1 is 1.11 bits per heavy atom. The maximum Gasteiger partial charge on any atom is 0.324 e. The quantitative estimate of drug-likeness (QED) is 0.327. The zero-order valence-corrected chi connectivity index (χ0v) is 21.5. The molecule has 0 bridgehead atoms. The summed E-state index contributed by atoms with van der Waals surface area (Å²) in [5.74, 6) is -0.101. The summed E-state index contributed by atoms with van der Waals surface area (Å²) < 4.78 is 34.8. The van der Waals surface area contributed by atoms with Crippen molar-refractivity contribution in [2.45, 2.75) is 17.4 Å². The van der Waals surface area contributed by atoms with Gasteiger partial charge in [0, 0.05) is 28.2 Å². The molecule has 5 rings (SSSR count). The summed E-state index contributed by atoms with van der Waals surface area (Å²) in [6, 6.07) is 14.3. The van der Waals surface area contributed by atoms with Crippen molar-refractivity contribution in [1.82, 2.24) is 14.8 Å². The third-order valence-corrected chi connectivity index (χ3v) is 8.03. The molecular weight excluding hydrogens is 541 g/mol. The third kappa shape index (κ3) is 5.35. The number of hydrogen-bond donors (Lipinski definition) is 2. The van der Waals surface area contributed by atoms with Gasteiger partial charge in [0.2, 0.25) is 0 Å². The van der Waals surface area contributed by atoms with E-state index < -0.39 is 22.5 Å². The molecule has 0 saturated carbocycles. The Morgan fingerprint density at radius 3 is 2.54 bits per heavy atom. The third-order valence-electron chi connectivity index (χ3n) is 5.84. The summed E-state index contributed by atoms with van der Waals surface area (Å²) in [6.45, 7) is 0.566. The molecule has 2 N–H and O–H groups in total. The van der Waals surface area contributed by atoms with Crippen molar-refractivity contribution in [3.63, 3.8) is 0 Å². The Balaban J connectivity index is 1.47. The Kier molecular flexibility index (Phi) is 6.95. The summed E-state index contributed by atoms with van der Waals surface area (Å²) in [7, 11) is -4.28. The highest BCUT2D eigenvalue weighted by Gasteiger charge is 2.28. The van der Waals surface area contributed by atoms with Crippen LogP contribution in [0.25, 0.3) is 16.7 Å². The van der Waals surface area contributed by atoms with Crippen LogP contribution < -0.4 is 9.62 Å². The first-order valence-electron chi connectivity index (χ1n) is 11.2. The summed E-state index contributed by atoms with van der Waals surface area (Å²) in [4.78, 5) is 11.4. The van der Waals surface area contributed by atoms with Crippen LogP contribution in [0.15, 0.2) is 65.7 Å². The van der Waals surface area contributed by atoms with Gasteiger partial charge in [-0.15, -0.1) is 10.2 Å². The topological polar surface area (TPSA) is 127 Å². The van der Waals surface area contributed by atoms with Gasteiger partial charge in [-0.05, 0) is 61.0 Å². The molecule has 10 nitrogen and oxygen atoms in total. The van der Waals surface area contributed by atoms with E-state index in [0.717, 1.165) is 22.8 Å². The number of nitrogens with zero attached hydrogens (tertiary/aromatic N) is 4. The minimum Gasteiger partial charge on any atom is -0.480 e. The molecule has 0 amide bonds. The Hall–Kier alpha value is -3.38. The molecule has 37 heavy (non-hydrogen) atoms. The minimum atomic E-state index is -4.28. The number of ether oxygens (including phenoxy) is 1. The number of carboxylic acids is 1. The Bertz CT molecular complexity index is 1550. The highest BCUT2D eigenvalue weighted by molar-refractivity contribution is 7.92. The van der Waals surface area contributed by atoms with Crippen molar-refractivity contribution in [3.05, 3.63) is 70.8 Å². The monoisotopic (exact) mass is 561 g/mol. The number of nitrogens with one attached hydrogen (secondary N) is 1. The predicted octanol–water partition coefficient (Wildman–Crippen LogP) is 4.21. The minimum absolute atomic E-state index is 0.118. The zero-order chi connectivity index (χ0) is 26.2. The molecule has 1 unspecified atom stereocenters. The van der Waals surface area contributed by atoms with Crippen LogP contribution in [0.4, 0.5) is 11.5 Å². The number of hydrogen-bond acceptors (Lipinski definition) is 7. The largest absolute Gasteiger partial charge is 0.480 e. The highest BCUT2D eigenvalue weighted by Crippen LogP contribution is 2.31. The van der Waals surface area contributed by atoms with Crippen LogP contribution in [-0.4, -0.2) is 60.1 Å². The number of benzene rings is 2. The van der Waals surface area contributed by atoms with Crippen LogP contribution in [-0.2, 0) is 19.6 Å². The highest BCUT2D eigenvalue weighted by atomic mass is 35.5. The van der Waals surface area contributed by atoms with Gasteiger partial charge in [-0.1, -0.05) is 23.2 Å². The molecule has 2 aromatic heterocycles. The number of sulfonamides is 1. The van der Waals surface area contributed by atoms with E-state index in [2.05, 4.69) is 15.5 Å². The first-order valence-corrected chi connectivity index (χ1v) is 13.4. The molecular formula is C24H21Cl2N5O5S. The number of fused-ring (bicyclic) bond motifs is 1. The summed E-state index contributed by atoms with van der Waals surface area (Å²) >= 11 is 12.0. The fourth-order valence-corrected chi connectivity index (χ4v) is 6.25. The smallest absolute Gasteiger partial charge is 0.324 e. The molecule has 192 valence electrons. The van der Waals surface area contributed by atoms with Gasteiger partial charge in [-0.3, -0.25) is 13.7 Å². The lowest BCUT2D eigenvalue weighted by molar-refractivity contribution is -0.135. The lowest BCUT2D eigenvalue weighted by atomic mass is 10.2. The molecule has 1 aliphatic rings. The molecule has 3 heterocycles. The van der Waals surface area contributed by atoms with E-state index in [0.29, 0.717) is 23.6 Å². The number of rotatable bonds is 8. The molecule has 13 heteroatoms. The lowest BCUT2D eigenvalue weighted by Crippen LogP contribution is -2.35. The maximum absolute atomic E-state index is 13.4. The molecule has 0 spiro atoms. The normalized spacial score (nSPS) is 15.7. The van der Waals surface area contributed by atoms with Gasteiger partial charge in [-0.25, -0.2) is 8.42 Å². The van der Waals surface area contributed by atoms with Gasteiger partial charge in [0.25, 0.3) is 10.0 Å². The molecule has 0 aliphatic carbocycles. The average Bonchev–Trinajstić information content (AvgIpc) is 3.52. The Morgan fingerprint density at radius 2 is 1.89 bits per heavy atom. The van der Waals surface area contributed by atoms with Crippen molar-refractivity contribution in [2.75, 3.05) is 29.4 Å². The van der Waals surface area contributed by atoms with Crippen molar-refractivity contribution in [3.8, 4) is 5.82 Å². The lowest BCUT2D eigenvalue weighted by Gasteiger charge is -2.23. The molecule has 1 fully saturated rings. The molecule has 4 aromatic rings. The second-order valence-corrected chi connectivity index (χ2v) is 11.2. The van der Waals surface area contributed by atoms with E-state index >= 15 is 0 Å². The van der Waals surface area contributed by atoms with E-state index in [1.54, 1.807) is 29.0 Å². The average molecular weight is 562 g/mol. The van der Waals surface area contributed by atoms with Crippen molar-refractivity contribution < 1.29 is 23.1 Å². The molecule has 0 radical (unpaired) electrons. The maximum atomic E-state index is 13.4. The van der Waals surface area contributed by atoms with Gasteiger partial charge < -0.3 is 15.2 Å². The summed E-state index contributed by atoms with van der Waals surface area (Å²) in [5, 5.41) is 22.2. The van der Waals surface area contributed by atoms with E-state index in [4.69, 9.17) is 27.9 Å². The van der Waals surface area contributed by atoms with Crippen LogP contribution in [0.3, 0.4) is 0 Å². The first kappa shape index (κ1) is 25.3. The number of aliphatic carboxylic acids is 1. The van der Waals surface area contributed by atoms with Crippen molar-refractivity contribution in [2.24, 2.45) is 0 Å². The van der Waals surface area contributed by atoms with Gasteiger partial charge in [0.05, 0.1) is 28.7 Å². The van der Waals surface area contributed by atoms with Crippen LogP contribution in [0.2, 0.25) is 10.0 Å². The fourth-order valence-electron chi connectivity index (χ4n) is 4.12. The molecule has 1 saturated heterocycles. The second-order valence-electron chi connectivity index (χ2n) is 8.42. The summed E-state index contributed by atoms with van der Waals surface area (Å²) in [5.41, 5.74) is 0.912. The van der Waals surface area contributed by atoms with Gasteiger partial charge in [0.15, 0.2) is 5.82 Å². The van der Waals surface area contributed by atoms with E-state index in [9.17, 15) is 18.3 Å². The number of carboxylic acid groups (broad SMARTS) is 1. The van der Waals surface area contributed by atoms with E-state index in [1.807, 2.05) is 12.1 Å². The SMILES string of the molecule is O=C(O)CN(c1ccc2c(ccn2-c2ccc(NC3CCOC3)nn2)c1)S(=O)(=O)c1cc(Cl)cc(Cl)c1. The summed E-state index contributed by atoms with van der Waals surface area (Å²) in [6.07, 6.45) is 2.69. The number of aromatic nitrogens is 3. The van der Waals surface area contributed by atoms with Gasteiger partial charge in [-0.2, -0.15) is 0 Å². The van der Waals surface area contributed by atoms with E-state index in [-0.39, 0.29) is 26.7 Å². The second kappa shape index (κ2) is 10.2. The Labute approximate surface area is 222 Å². The predicted molar refractivity (Wildman–Crippen MR) is 140 cm³/mol. The number of halogens is 2. The van der Waals surface area contributed by atoms with Crippen LogP contribution in [0.1, 0.15) is 6.42 Å². The van der Waals surface area contributed by atoms with Crippen LogP contribution >= 0.6 is 23.2 Å². The zero-order valence-electron chi connectivity index (χ0n) is 19.2. The standard InChI is InChI=1S/C24H21Cl2N5O5S/c25-16-10-17(26)12-20(11-16)37(34,35)31(13-24(32)33)19-1-2-21-15(9-19)5-7-30(21)23-4-3-22(28-29-23)27-18-6-8-36-14-18/h1-5,7,9-12,18H,6,8,13-14H2,(H,27,28)(H,32,33). The number of carbonyl (C=O) groups is 1. The first-order chi connectivity index (χ1) is 17.7. The van der Waals surface area contributed by atoms with Crippen molar-refractivity contribution in [1.29, 1.82) is 0 Å². The van der Waals surface area contributed by atoms with Gasteiger partial charge in [0.1, 0.15) is 12.4 Å². The number of anilines is 2. The van der Waals surface area contributed by atoms with Crippen LogP contribution in [0.5, 0.6) is 0 Å². The molecule has 1 atom stereocenters. The fraction of sp³-hybridized carbons (Fsp3) is 0.208. The molecule has 1 aliphatic heterocycles. The van der Waals surface area contributed by atoms with Crippen molar-refractivity contribution >= 4 is 61.6 Å². The van der Waals surface area contributed by atoms with Crippen LogP contribution in [0, 0.1) is 0 Å². The molecule has 2 aromatic carbocycles. The van der Waals surface area contributed by atoms with E-state index in [1.165, 1.54) is 24.3 Å².